The summed E-state index contributed by atoms with van der Waals surface area (Å²) in [4.78, 5) is 25.0. The Morgan fingerprint density at radius 2 is 1.15 bits per heavy atom. The number of isocyanates is 3. The van der Waals surface area contributed by atoms with Crippen LogP contribution >= 0.6 is 0 Å². The van der Waals surface area contributed by atoms with Crippen molar-refractivity contribution in [2.45, 2.75) is 6.92 Å². The molecule has 0 aliphatic carbocycles. The maximum atomic E-state index is 8.35. The largest absolute Gasteiger partial charge is 0.428 e. The van der Waals surface area contributed by atoms with Gasteiger partial charge < -0.3 is 4.43 Å². The van der Waals surface area contributed by atoms with Gasteiger partial charge >= 0.3 is 0 Å². The SMILES string of the molecule is CCO[SiH3].N=C=O.N=C=O.N=C=O. The van der Waals surface area contributed by atoms with Crippen LogP contribution in [0.1, 0.15) is 6.92 Å². The fourth-order valence-electron chi connectivity index (χ4n) is 0. The van der Waals surface area contributed by atoms with Gasteiger partial charge in [0, 0.05) is 6.61 Å². The molecule has 3 N–H and O–H groups in total. The monoisotopic (exact) mass is 205 g/mol. The van der Waals surface area contributed by atoms with E-state index in [-0.39, 0.29) is 0 Å². The highest BCUT2D eigenvalue weighted by Gasteiger charge is 1.51. The highest BCUT2D eigenvalue weighted by molar-refractivity contribution is 5.97. The van der Waals surface area contributed by atoms with Gasteiger partial charge in [-0.05, 0) is 6.92 Å². The molecule has 0 saturated heterocycles. The average molecular weight is 205 g/mol. The maximum Gasteiger partial charge on any atom is 0.231 e. The van der Waals surface area contributed by atoms with Gasteiger partial charge in [0.2, 0.25) is 18.2 Å². The molecule has 74 valence electrons. The van der Waals surface area contributed by atoms with Gasteiger partial charge in [0.05, 0.1) is 0 Å². The smallest absolute Gasteiger partial charge is 0.231 e. The third kappa shape index (κ3) is 1530. The van der Waals surface area contributed by atoms with Crippen LogP contribution < -0.4 is 0 Å². The predicted octanol–water partition coefficient (Wildman–Crippen LogP) is -0.994. The van der Waals surface area contributed by atoms with Crippen LogP contribution in [0.15, 0.2) is 0 Å². The summed E-state index contributed by atoms with van der Waals surface area (Å²) in [5, 5.41) is 16.2. The molecule has 0 heterocycles. The van der Waals surface area contributed by atoms with Crippen molar-refractivity contribution in [2.75, 3.05) is 6.61 Å². The molecule has 0 radical (unpaired) electrons. The molecule has 7 nitrogen and oxygen atoms in total. The van der Waals surface area contributed by atoms with Crippen molar-refractivity contribution in [3.8, 4) is 0 Å². The first-order chi connectivity index (χ1) is 6.16. The van der Waals surface area contributed by atoms with Crippen molar-refractivity contribution in [1.29, 1.82) is 16.2 Å². The molecule has 0 aromatic carbocycles. The molecule has 0 aliphatic heterocycles. The molecule has 8 heteroatoms. The summed E-state index contributed by atoms with van der Waals surface area (Å²) in [6, 6.07) is 0. The van der Waals surface area contributed by atoms with Crippen molar-refractivity contribution in [2.24, 2.45) is 0 Å². The van der Waals surface area contributed by atoms with Crippen molar-refractivity contribution in [3.63, 3.8) is 0 Å². The van der Waals surface area contributed by atoms with E-state index in [1.165, 1.54) is 0 Å². The van der Waals surface area contributed by atoms with Crippen LogP contribution in [0, 0.1) is 16.2 Å². The van der Waals surface area contributed by atoms with Gasteiger partial charge in [-0.1, -0.05) is 0 Å². The van der Waals surface area contributed by atoms with E-state index in [1.54, 1.807) is 0 Å². The highest BCUT2D eigenvalue weighted by atomic mass is 28.2. The van der Waals surface area contributed by atoms with Crippen LogP contribution in [-0.2, 0) is 18.8 Å². The van der Waals surface area contributed by atoms with E-state index in [4.69, 9.17) is 30.6 Å². The van der Waals surface area contributed by atoms with Crippen LogP contribution in [0.25, 0.3) is 0 Å². The lowest BCUT2D eigenvalue weighted by atomic mass is 10.9. The molecule has 0 spiro atoms. The third-order valence-corrected chi connectivity index (χ3v) is 0.866. The zero-order valence-corrected chi connectivity index (χ0v) is 9.34. The van der Waals surface area contributed by atoms with E-state index in [0.717, 1.165) is 35.3 Å². The minimum atomic E-state index is 0.750. The molecule has 0 rings (SSSR count). The molecular weight excluding hydrogens is 194 g/mol. The normalized spacial score (nSPS) is 4.38. The Kier molecular flexibility index (Phi) is 141. The third-order valence-electron chi connectivity index (χ3n) is 0.289. The fraction of sp³-hybridized carbons (Fsp3) is 0.400. The van der Waals surface area contributed by atoms with Gasteiger partial charge in [-0.15, -0.1) is 0 Å². The highest BCUT2D eigenvalue weighted by Crippen LogP contribution is 1.50. The topological polar surface area (TPSA) is 132 Å². The second-order valence-corrected chi connectivity index (χ2v) is 1.46. The van der Waals surface area contributed by atoms with Gasteiger partial charge in [0.25, 0.3) is 0 Å². The Labute approximate surface area is 78.2 Å². The number of carbonyl (C=O) groups excluding carboxylic acids is 3. The van der Waals surface area contributed by atoms with Crippen molar-refractivity contribution in [3.05, 3.63) is 0 Å². The fourth-order valence-corrected chi connectivity index (χ4v) is 0. The van der Waals surface area contributed by atoms with E-state index >= 15 is 0 Å². The minimum Gasteiger partial charge on any atom is -0.428 e. The summed E-state index contributed by atoms with van der Waals surface area (Å²) < 4.78 is 4.68. The molecule has 0 aromatic rings. The molecule has 0 aliphatic rings. The molecule has 0 aromatic heterocycles. The summed E-state index contributed by atoms with van der Waals surface area (Å²) in [5.74, 6) is 0. The number of nitrogens with one attached hydrogen (secondary N) is 3. The lowest BCUT2D eigenvalue weighted by Gasteiger charge is -1.77. The predicted molar refractivity (Wildman–Crippen MR) is 46.8 cm³/mol. The molecular formula is C5H11N3O4Si. The zero-order valence-electron chi connectivity index (χ0n) is 7.34. The lowest BCUT2D eigenvalue weighted by molar-refractivity contribution is 0.375. The second-order valence-electron chi connectivity index (χ2n) is 0.884. The summed E-state index contributed by atoms with van der Waals surface area (Å²) in [7, 11) is 0.890. The summed E-state index contributed by atoms with van der Waals surface area (Å²) >= 11 is 0. The first-order valence-corrected chi connectivity index (χ1v) is 3.58. The zero-order chi connectivity index (χ0) is 11.5. The molecule has 0 saturated carbocycles. The van der Waals surface area contributed by atoms with Gasteiger partial charge in [0.15, 0.2) is 0 Å². The van der Waals surface area contributed by atoms with Crippen molar-refractivity contribution < 1.29 is 18.8 Å². The lowest BCUT2D eigenvalue weighted by Crippen LogP contribution is -1.76. The Morgan fingerprint density at radius 1 is 1.08 bits per heavy atom. The van der Waals surface area contributed by atoms with Crippen LogP contribution in [0.5, 0.6) is 0 Å². The molecule has 0 atom stereocenters. The van der Waals surface area contributed by atoms with Crippen molar-refractivity contribution in [1.82, 2.24) is 0 Å². The summed E-state index contributed by atoms with van der Waals surface area (Å²) in [5.41, 5.74) is 0. The van der Waals surface area contributed by atoms with Crippen molar-refractivity contribution >= 4 is 28.7 Å². The van der Waals surface area contributed by atoms with E-state index in [2.05, 4.69) is 4.43 Å². The average Bonchev–Trinajstić information content (AvgIpc) is 2.08. The summed E-state index contributed by atoms with van der Waals surface area (Å²) in [6.45, 7) is 2.87. The van der Waals surface area contributed by atoms with Crippen LogP contribution in [0.2, 0.25) is 0 Å². The van der Waals surface area contributed by atoms with Gasteiger partial charge in [-0.2, -0.15) is 0 Å². The van der Waals surface area contributed by atoms with E-state index < -0.39 is 0 Å². The first-order valence-electron chi connectivity index (χ1n) is 2.77. The Bertz CT molecular complexity index is 136. The number of hydrogen-bond acceptors (Lipinski definition) is 7. The van der Waals surface area contributed by atoms with Crippen LogP contribution in [0.4, 0.5) is 0 Å². The molecule has 13 heavy (non-hydrogen) atoms. The number of rotatable bonds is 1. The molecule has 0 amide bonds. The molecule has 0 unspecified atom stereocenters. The first kappa shape index (κ1) is 22.5. The quantitative estimate of drug-likeness (QED) is 0.288. The van der Waals surface area contributed by atoms with E-state index in [0.29, 0.717) is 0 Å². The standard InChI is InChI=1S/C2H8OSi.3CHNO/c1-2-3-4;3*2-1-3/h2H2,1,4H3;3*2H. The number of hydrogen-bond donors (Lipinski definition) is 3. The van der Waals surface area contributed by atoms with E-state index in [1.807, 2.05) is 6.92 Å². The van der Waals surface area contributed by atoms with Crippen LogP contribution in [-0.4, -0.2) is 35.3 Å². The van der Waals surface area contributed by atoms with Gasteiger partial charge in [-0.3, -0.25) is 0 Å². The Balaban J connectivity index is -0.0000000420. The Morgan fingerprint density at radius 3 is 1.15 bits per heavy atom. The second kappa shape index (κ2) is 81.4. The van der Waals surface area contributed by atoms with Gasteiger partial charge in [-0.25, -0.2) is 30.6 Å². The Hall–Kier alpha value is -1.68. The maximum absolute atomic E-state index is 8.35. The molecule has 0 bridgehead atoms. The molecule has 0 fully saturated rings. The van der Waals surface area contributed by atoms with Gasteiger partial charge in [0.1, 0.15) is 10.5 Å². The van der Waals surface area contributed by atoms with E-state index in [9.17, 15) is 0 Å². The minimum absolute atomic E-state index is 0.750. The van der Waals surface area contributed by atoms with Crippen LogP contribution in [0.3, 0.4) is 0 Å². The summed E-state index contributed by atoms with van der Waals surface area (Å²) in [6.07, 6.45) is 2.25.